The van der Waals surface area contributed by atoms with Crippen LogP contribution in [0.25, 0.3) is 16.8 Å². The highest BCUT2D eigenvalue weighted by Crippen LogP contribution is 2.20. The molecule has 0 unspecified atom stereocenters. The molecule has 0 bridgehead atoms. The summed E-state index contributed by atoms with van der Waals surface area (Å²) < 4.78 is 1.69. The predicted octanol–water partition coefficient (Wildman–Crippen LogP) is 3.35. The molecule has 1 heterocycles. The predicted molar refractivity (Wildman–Crippen MR) is 74.4 cm³/mol. The van der Waals surface area contributed by atoms with E-state index in [0.717, 1.165) is 17.5 Å². The van der Waals surface area contributed by atoms with Crippen molar-refractivity contribution in [3.8, 4) is 16.8 Å². The van der Waals surface area contributed by atoms with Crippen LogP contribution in [0.2, 0.25) is 0 Å². The lowest BCUT2D eigenvalue weighted by molar-refractivity contribution is 0.112. The third kappa shape index (κ3) is 2.31. The molecule has 2 aromatic carbocycles. The molecule has 0 aliphatic carbocycles. The first-order valence-electron chi connectivity index (χ1n) is 6.02. The maximum absolute atomic E-state index is 10.6. The van der Waals surface area contributed by atoms with Gasteiger partial charge in [0.2, 0.25) is 0 Å². The third-order valence-electron chi connectivity index (χ3n) is 2.98. The summed E-state index contributed by atoms with van der Waals surface area (Å²) in [6.07, 6.45) is 4.06. The molecule has 1 aromatic heterocycles. The summed E-state index contributed by atoms with van der Waals surface area (Å²) in [5.41, 5.74) is 3.86. The van der Waals surface area contributed by atoms with Gasteiger partial charge in [0.15, 0.2) is 6.29 Å². The summed E-state index contributed by atoms with van der Waals surface area (Å²) in [6, 6.07) is 18.3. The lowest BCUT2D eigenvalue weighted by Crippen LogP contribution is -1.93. The molecule has 0 fully saturated rings. The Morgan fingerprint density at radius 3 is 2.21 bits per heavy atom. The topological polar surface area (TPSA) is 34.9 Å². The molecule has 0 amide bonds. The van der Waals surface area contributed by atoms with E-state index in [9.17, 15) is 4.79 Å². The van der Waals surface area contributed by atoms with Gasteiger partial charge in [-0.3, -0.25) is 4.79 Å². The normalized spacial score (nSPS) is 10.3. The number of carbonyl (C=O) groups excluding carboxylic acids is 1. The van der Waals surface area contributed by atoms with Crippen molar-refractivity contribution in [1.82, 2.24) is 9.78 Å². The van der Waals surface area contributed by atoms with Crippen molar-refractivity contribution in [2.75, 3.05) is 0 Å². The van der Waals surface area contributed by atoms with E-state index in [1.54, 1.807) is 17.1 Å². The molecule has 0 N–H and O–H groups in total. The summed E-state index contributed by atoms with van der Waals surface area (Å²) >= 11 is 0. The van der Waals surface area contributed by atoms with Crippen molar-refractivity contribution >= 4 is 6.29 Å². The van der Waals surface area contributed by atoms with E-state index in [-0.39, 0.29) is 0 Å². The molecule has 92 valence electrons. The zero-order valence-electron chi connectivity index (χ0n) is 10.2. The molecule has 0 atom stereocenters. The van der Waals surface area contributed by atoms with Gasteiger partial charge in [-0.05, 0) is 23.3 Å². The lowest BCUT2D eigenvalue weighted by atomic mass is 10.1. The highest BCUT2D eigenvalue weighted by molar-refractivity contribution is 5.73. The second-order valence-corrected chi connectivity index (χ2v) is 4.25. The van der Waals surface area contributed by atoms with Gasteiger partial charge in [0.05, 0.1) is 17.4 Å². The fourth-order valence-corrected chi connectivity index (χ4v) is 1.98. The van der Waals surface area contributed by atoms with Crippen LogP contribution in [0, 0.1) is 0 Å². The molecule has 3 heteroatoms. The molecule has 0 saturated carbocycles. The first-order valence-corrected chi connectivity index (χ1v) is 6.02. The van der Waals surface area contributed by atoms with E-state index < -0.39 is 0 Å². The third-order valence-corrected chi connectivity index (χ3v) is 2.98. The van der Waals surface area contributed by atoms with Crippen molar-refractivity contribution in [3.63, 3.8) is 0 Å². The molecule has 3 aromatic rings. The minimum absolute atomic E-state index is 0.576. The van der Waals surface area contributed by atoms with Crippen molar-refractivity contribution < 1.29 is 4.79 Å². The average molecular weight is 248 g/mol. The monoisotopic (exact) mass is 248 g/mol. The Morgan fingerprint density at radius 2 is 1.58 bits per heavy atom. The van der Waals surface area contributed by atoms with Crippen LogP contribution in [-0.4, -0.2) is 16.1 Å². The van der Waals surface area contributed by atoms with Gasteiger partial charge in [-0.15, -0.1) is 0 Å². The van der Waals surface area contributed by atoms with Crippen LogP contribution in [0.4, 0.5) is 0 Å². The standard InChI is InChI=1S/C16H12N2O/c19-12-13-10-17-18(11-13)16-8-6-15(7-9-16)14-4-2-1-3-5-14/h1-12H. The zero-order valence-corrected chi connectivity index (χ0v) is 10.2. The van der Waals surface area contributed by atoms with Crippen molar-refractivity contribution in [2.45, 2.75) is 0 Å². The maximum Gasteiger partial charge on any atom is 0.153 e. The molecule has 0 aliphatic rings. The van der Waals surface area contributed by atoms with Gasteiger partial charge >= 0.3 is 0 Å². The largest absolute Gasteiger partial charge is 0.298 e. The fraction of sp³-hybridized carbons (Fsp3) is 0. The van der Waals surface area contributed by atoms with E-state index in [2.05, 4.69) is 17.2 Å². The molecular formula is C16H12N2O. The number of aromatic nitrogens is 2. The summed E-state index contributed by atoms with van der Waals surface area (Å²) in [6.45, 7) is 0. The maximum atomic E-state index is 10.6. The minimum atomic E-state index is 0.576. The van der Waals surface area contributed by atoms with Crippen LogP contribution in [0.5, 0.6) is 0 Å². The number of benzene rings is 2. The first kappa shape index (κ1) is 11.4. The Kier molecular flexibility index (Phi) is 2.94. The first-order chi connectivity index (χ1) is 9.36. The summed E-state index contributed by atoms with van der Waals surface area (Å²) in [5, 5.41) is 4.15. The second-order valence-electron chi connectivity index (χ2n) is 4.25. The van der Waals surface area contributed by atoms with E-state index in [1.165, 1.54) is 5.56 Å². The van der Waals surface area contributed by atoms with Crippen LogP contribution >= 0.6 is 0 Å². The second kappa shape index (κ2) is 4.90. The van der Waals surface area contributed by atoms with Crippen LogP contribution in [0.3, 0.4) is 0 Å². The van der Waals surface area contributed by atoms with Crippen molar-refractivity contribution in [1.29, 1.82) is 0 Å². The van der Waals surface area contributed by atoms with E-state index in [0.29, 0.717) is 5.56 Å². The highest BCUT2D eigenvalue weighted by atomic mass is 16.1. The zero-order chi connectivity index (χ0) is 13.1. The SMILES string of the molecule is O=Cc1cnn(-c2ccc(-c3ccccc3)cc2)c1. The van der Waals surface area contributed by atoms with Gasteiger partial charge in [0, 0.05) is 6.20 Å². The average Bonchev–Trinajstić information content (AvgIpc) is 2.97. The Morgan fingerprint density at radius 1 is 0.895 bits per heavy atom. The summed E-state index contributed by atoms with van der Waals surface area (Å²) in [4.78, 5) is 10.6. The van der Waals surface area contributed by atoms with Gasteiger partial charge in [-0.1, -0.05) is 42.5 Å². The van der Waals surface area contributed by atoms with Crippen LogP contribution < -0.4 is 0 Å². The molecule has 3 nitrogen and oxygen atoms in total. The fourth-order valence-electron chi connectivity index (χ4n) is 1.98. The number of nitrogens with zero attached hydrogens (tertiary/aromatic N) is 2. The van der Waals surface area contributed by atoms with Crippen LogP contribution in [0.1, 0.15) is 10.4 Å². The smallest absolute Gasteiger partial charge is 0.153 e. The van der Waals surface area contributed by atoms with Gasteiger partial charge in [0.25, 0.3) is 0 Å². The Labute approximate surface area is 111 Å². The minimum Gasteiger partial charge on any atom is -0.298 e. The molecule has 0 spiro atoms. The molecule has 19 heavy (non-hydrogen) atoms. The molecule has 0 radical (unpaired) electrons. The Balaban J connectivity index is 1.92. The molecular weight excluding hydrogens is 236 g/mol. The quantitative estimate of drug-likeness (QED) is 0.666. The molecule has 0 saturated heterocycles. The van der Waals surface area contributed by atoms with Crippen molar-refractivity contribution in [3.05, 3.63) is 72.6 Å². The number of rotatable bonds is 3. The van der Waals surface area contributed by atoms with Gasteiger partial charge in [-0.2, -0.15) is 5.10 Å². The Bertz CT molecular complexity index is 684. The van der Waals surface area contributed by atoms with Crippen LogP contribution in [0.15, 0.2) is 67.0 Å². The van der Waals surface area contributed by atoms with Gasteiger partial charge in [-0.25, -0.2) is 4.68 Å². The Hall–Kier alpha value is -2.68. The summed E-state index contributed by atoms with van der Waals surface area (Å²) in [7, 11) is 0. The summed E-state index contributed by atoms with van der Waals surface area (Å²) in [5.74, 6) is 0. The number of hydrogen-bond donors (Lipinski definition) is 0. The highest BCUT2D eigenvalue weighted by Gasteiger charge is 2.01. The van der Waals surface area contributed by atoms with Gasteiger partial charge in [0.1, 0.15) is 0 Å². The van der Waals surface area contributed by atoms with Gasteiger partial charge < -0.3 is 0 Å². The van der Waals surface area contributed by atoms with Crippen molar-refractivity contribution in [2.24, 2.45) is 0 Å². The lowest BCUT2D eigenvalue weighted by Gasteiger charge is -2.04. The van der Waals surface area contributed by atoms with E-state index in [1.807, 2.05) is 42.5 Å². The van der Waals surface area contributed by atoms with E-state index >= 15 is 0 Å². The number of aldehydes is 1. The number of carbonyl (C=O) groups is 1. The molecule has 3 rings (SSSR count). The molecule has 0 aliphatic heterocycles. The number of hydrogen-bond acceptors (Lipinski definition) is 2. The van der Waals surface area contributed by atoms with E-state index in [4.69, 9.17) is 0 Å². The van der Waals surface area contributed by atoms with Crippen LogP contribution in [-0.2, 0) is 0 Å².